The SMILES string of the molecule is CC(C#N)N1CCC(CCCC2CCN(C(C)C#N)CC2)CC1. The van der Waals surface area contributed by atoms with Crippen LogP contribution in [0.5, 0.6) is 0 Å². The third kappa shape index (κ3) is 5.48. The van der Waals surface area contributed by atoms with Crippen LogP contribution in [0.1, 0.15) is 58.8 Å². The van der Waals surface area contributed by atoms with E-state index in [0.717, 1.165) is 38.0 Å². The quantitative estimate of drug-likeness (QED) is 0.753. The van der Waals surface area contributed by atoms with Crippen molar-refractivity contribution in [2.24, 2.45) is 11.8 Å². The third-order valence-electron chi connectivity index (χ3n) is 5.99. The Balaban J connectivity index is 1.57. The van der Waals surface area contributed by atoms with Crippen molar-refractivity contribution < 1.29 is 0 Å². The molecule has 2 rings (SSSR count). The summed E-state index contributed by atoms with van der Waals surface area (Å²) in [5, 5.41) is 18.0. The Hall–Kier alpha value is -1.10. The van der Waals surface area contributed by atoms with Gasteiger partial charge in [-0.3, -0.25) is 9.80 Å². The molecule has 2 aliphatic heterocycles. The summed E-state index contributed by atoms with van der Waals surface area (Å²) in [6.07, 6.45) is 9.16. The Labute approximate surface area is 142 Å². The van der Waals surface area contributed by atoms with Gasteiger partial charge in [0.25, 0.3) is 0 Å². The second-order valence-electron chi connectivity index (χ2n) is 7.50. The van der Waals surface area contributed by atoms with E-state index >= 15 is 0 Å². The topological polar surface area (TPSA) is 54.1 Å². The van der Waals surface area contributed by atoms with Gasteiger partial charge in [0.15, 0.2) is 0 Å². The minimum atomic E-state index is 0.0805. The molecule has 2 atom stereocenters. The zero-order valence-corrected chi connectivity index (χ0v) is 14.9. The maximum absolute atomic E-state index is 8.99. The van der Waals surface area contributed by atoms with Gasteiger partial charge >= 0.3 is 0 Å². The average Bonchev–Trinajstić information content (AvgIpc) is 2.61. The molecule has 2 aliphatic rings. The Morgan fingerprint density at radius 3 is 1.43 bits per heavy atom. The standard InChI is InChI=1S/C19H32N4/c1-16(14-20)22-10-6-18(7-11-22)4-3-5-19-8-12-23(13-9-19)17(2)15-21/h16-19H,3-13H2,1-2H3. The van der Waals surface area contributed by atoms with Crippen molar-refractivity contribution in [1.82, 2.24) is 9.80 Å². The lowest BCUT2D eigenvalue weighted by molar-refractivity contribution is 0.146. The van der Waals surface area contributed by atoms with Gasteiger partial charge in [-0.1, -0.05) is 19.3 Å². The van der Waals surface area contributed by atoms with Crippen molar-refractivity contribution >= 4 is 0 Å². The van der Waals surface area contributed by atoms with Crippen LogP contribution in [0.15, 0.2) is 0 Å². The Bertz CT molecular complexity index is 380. The van der Waals surface area contributed by atoms with E-state index < -0.39 is 0 Å². The average molecular weight is 316 g/mol. The van der Waals surface area contributed by atoms with Gasteiger partial charge in [-0.15, -0.1) is 0 Å². The predicted molar refractivity (Wildman–Crippen MR) is 92.6 cm³/mol. The van der Waals surface area contributed by atoms with Crippen molar-refractivity contribution in [2.45, 2.75) is 70.9 Å². The minimum Gasteiger partial charge on any atom is -0.288 e. The molecule has 0 N–H and O–H groups in total. The minimum absolute atomic E-state index is 0.0805. The van der Waals surface area contributed by atoms with Crippen LogP contribution in [0, 0.1) is 34.5 Å². The van der Waals surface area contributed by atoms with Crippen LogP contribution in [-0.2, 0) is 0 Å². The number of piperidine rings is 2. The van der Waals surface area contributed by atoms with E-state index in [0.29, 0.717) is 0 Å². The summed E-state index contributed by atoms with van der Waals surface area (Å²) in [5.41, 5.74) is 0. The van der Waals surface area contributed by atoms with E-state index in [1.54, 1.807) is 0 Å². The highest BCUT2D eigenvalue weighted by Gasteiger charge is 2.24. The normalized spacial score (nSPS) is 24.7. The fourth-order valence-corrected chi connectivity index (χ4v) is 4.12. The highest BCUT2D eigenvalue weighted by atomic mass is 15.2. The maximum Gasteiger partial charge on any atom is 0.0949 e. The van der Waals surface area contributed by atoms with Crippen molar-refractivity contribution in [2.75, 3.05) is 26.2 Å². The lowest BCUT2D eigenvalue weighted by Gasteiger charge is -2.35. The molecule has 2 unspecified atom stereocenters. The largest absolute Gasteiger partial charge is 0.288 e. The number of nitriles is 2. The van der Waals surface area contributed by atoms with Crippen LogP contribution < -0.4 is 0 Å². The summed E-state index contributed by atoms with van der Waals surface area (Å²) in [4.78, 5) is 4.64. The van der Waals surface area contributed by atoms with E-state index in [9.17, 15) is 0 Å². The van der Waals surface area contributed by atoms with Crippen LogP contribution in [0.25, 0.3) is 0 Å². The summed E-state index contributed by atoms with van der Waals surface area (Å²) >= 11 is 0. The molecule has 0 aromatic heterocycles. The summed E-state index contributed by atoms with van der Waals surface area (Å²) in [6.45, 7) is 8.43. The fraction of sp³-hybridized carbons (Fsp3) is 0.895. The van der Waals surface area contributed by atoms with Crippen LogP contribution in [0.3, 0.4) is 0 Å². The zero-order chi connectivity index (χ0) is 16.7. The first kappa shape index (κ1) is 18.2. The highest BCUT2D eigenvalue weighted by Crippen LogP contribution is 2.28. The first-order valence-corrected chi connectivity index (χ1v) is 9.41. The number of hydrogen-bond acceptors (Lipinski definition) is 4. The van der Waals surface area contributed by atoms with Gasteiger partial charge in [0.2, 0.25) is 0 Å². The van der Waals surface area contributed by atoms with Crippen LogP contribution >= 0.6 is 0 Å². The molecule has 0 aliphatic carbocycles. The van der Waals surface area contributed by atoms with E-state index in [2.05, 4.69) is 21.9 Å². The Kier molecular flexibility index (Phi) is 7.34. The van der Waals surface area contributed by atoms with Crippen LogP contribution in [0.4, 0.5) is 0 Å². The summed E-state index contributed by atoms with van der Waals surface area (Å²) in [6, 6.07) is 4.87. The molecular weight excluding hydrogens is 284 g/mol. The molecule has 0 bridgehead atoms. The van der Waals surface area contributed by atoms with E-state index in [1.165, 1.54) is 44.9 Å². The molecule has 0 aromatic carbocycles. The second-order valence-corrected chi connectivity index (χ2v) is 7.50. The van der Waals surface area contributed by atoms with Gasteiger partial charge in [0.1, 0.15) is 0 Å². The fourth-order valence-electron chi connectivity index (χ4n) is 4.12. The molecule has 0 amide bonds. The molecule has 0 spiro atoms. The summed E-state index contributed by atoms with van der Waals surface area (Å²) < 4.78 is 0. The molecule has 0 aromatic rings. The van der Waals surface area contributed by atoms with Gasteiger partial charge in [0, 0.05) is 0 Å². The molecule has 0 radical (unpaired) electrons. The summed E-state index contributed by atoms with van der Waals surface area (Å²) in [7, 11) is 0. The molecule has 2 heterocycles. The van der Waals surface area contributed by atoms with Gasteiger partial charge in [0.05, 0.1) is 24.2 Å². The number of hydrogen-bond donors (Lipinski definition) is 0. The molecule has 4 heteroatoms. The lowest BCUT2D eigenvalue weighted by Crippen LogP contribution is -2.39. The lowest BCUT2D eigenvalue weighted by atomic mass is 9.86. The zero-order valence-electron chi connectivity index (χ0n) is 14.9. The monoisotopic (exact) mass is 316 g/mol. The number of likely N-dealkylation sites (tertiary alicyclic amines) is 2. The molecule has 128 valence electrons. The van der Waals surface area contributed by atoms with Gasteiger partial charge in [-0.25, -0.2) is 0 Å². The van der Waals surface area contributed by atoms with Crippen molar-refractivity contribution in [3.8, 4) is 12.1 Å². The van der Waals surface area contributed by atoms with Crippen molar-refractivity contribution in [3.63, 3.8) is 0 Å². The second kappa shape index (κ2) is 9.26. The van der Waals surface area contributed by atoms with Gasteiger partial charge in [-0.05, 0) is 77.5 Å². The van der Waals surface area contributed by atoms with E-state index in [1.807, 2.05) is 13.8 Å². The molecule has 23 heavy (non-hydrogen) atoms. The smallest absolute Gasteiger partial charge is 0.0949 e. The van der Waals surface area contributed by atoms with Crippen molar-refractivity contribution in [1.29, 1.82) is 10.5 Å². The first-order chi connectivity index (χ1) is 11.1. The molecule has 2 fully saturated rings. The van der Waals surface area contributed by atoms with E-state index in [-0.39, 0.29) is 12.1 Å². The maximum atomic E-state index is 8.99. The third-order valence-corrected chi connectivity index (χ3v) is 5.99. The predicted octanol–water partition coefficient (Wildman–Crippen LogP) is 3.40. The number of nitrogens with zero attached hydrogens (tertiary/aromatic N) is 4. The summed E-state index contributed by atoms with van der Waals surface area (Å²) in [5.74, 6) is 1.74. The van der Waals surface area contributed by atoms with E-state index in [4.69, 9.17) is 10.5 Å². The molecule has 4 nitrogen and oxygen atoms in total. The van der Waals surface area contributed by atoms with Gasteiger partial charge < -0.3 is 0 Å². The number of rotatable bonds is 6. The highest BCUT2D eigenvalue weighted by molar-refractivity contribution is 4.91. The Morgan fingerprint density at radius 1 is 0.783 bits per heavy atom. The van der Waals surface area contributed by atoms with Gasteiger partial charge in [-0.2, -0.15) is 10.5 Å². The van der Waals surface area contributed by atoms with Crippen LogP contribution in [0.2, 0.25) is 0 Å². The molecule has 2 saturated heterocycles. The Morgan fingerprint density at radius 2 is 1.13 bits per heavy atom. The molecular formula is C19H32N4. The van der Waals surface area contributed by atoms with Crippen molar-refractivity contribution in [3.05, 3.63) is 0 Å². The van der Waals surface area contributed by atoms with Crippen LogP contribution in [-0.4, -0.2) is 48.1 Å². The first-order valence-electron chi connectivity index (χ1n) is 9.41. The molecule has 0 saturated carbocycles.